The molecule has 4 aromatic carbocycles. The Bertz CT molecular complexity index is 1410. The second-order valence-corrected chi connectivity index (χ2v) is 10.5. The summed E-state index contributed by atoms with van der Waals surface area (Å²) in [5.74, 6) is 1.15. The van der Waals surface area contributed by atoms with Crippen molar-refractivity contribution in [2.75, 3.05) is 0 Å². The van der Waals surface area contributed by atoms with Crippen molar-refractivity contribution in [2.24, 2.45) is 10.2 Å². The maximum absolute atomic E-state index is 12.2. The van der Waals surface area contributed by atoms with Crippen LogP contribution in [0.15, 0.2) is 119 Å². The zero-order chi connectivity index (χ0) is 31.4. The van der Waals surface area contributed by atoms with Crippen LogP contribution in [0.25, 0.3) is 0 Å². The lowest BCUT2D eigenvalue weighted by atomic mass is 10.1. The van der Waals surface area contributed by atoms with E-state index in [1.54, 1.807) is 12.4 Å². The highest BCUT2D eigenvalue weighted by atomic mass is 16.5. The lowest BCUT2D eigenvalue weighted by Crippen LogP contribution is -2.17. The summed E-state index contributed by atoms with van der Waals surface area (Å²) in [5.41, 5.74) is 8.94. The average Bonchev–Trinajstić information content (AvgIpc) is 3.08. The molecular formula is C37H40N4O4. The maximum Gasteiger partial charge on any atom is 0.240 e. The minimum Gasteiger partial charge on any atom is -0.488 e. The number of amides is 2. The van der Waals surface area contributed by atoms with Gasteiger partial charge in [-0.3, -0.25) is 9.59 Å². The van der Waals surface area contributed by atoms with Gasteiger partial charge in [-0.2, -0.15) is 10.2 Å². The normalized spacial score (nSPS) is 11.0. The van der Waals surface area contributed by atoms with Crippen LogP contribution >= 0.6 is 0 Å². The van der Waals surface area contributed by atoms with Gasteiger partial charge in [-0.05, 0) is 48.2 Å². The highest BCUT2D eigenvalue weighted by Crippen LogP contribution is 2.19. The van der Waals surface area contributed by atoms with Gasteiger partial charge in [-0.15, -0.1) is 0 Å². The molecule has 0 aliphatic rings. The number of ether oxygens (including phenoxy) is 2. The first kappa shape index (κ1) is 32.7. The molecule has 8 nitrogen and oxygen atoms in total. The molecule has 8 heteroatoms. The van der Waals surface area contributed by atoms with E-state index in [-0.39, 0.29) is 11.8 Å². The number of para-hydroxylation sites is 2. The zero-order valence-corrected chi connectivity index (χ0v) is 25.4. The topological polar surface area (TPSA) is 101 Å². The Morgan fingerprint density at radius 2 is 0.889 bits per heavy atom. The minimum atomic E-state index is -0.127. The Labute approximate surface area is 265 Å². The molecule has 0 bridgehead atoms. The van der Waals surface area contributed by atoms with E-state index in [2.05, 4.69) is 21.1 Å². The van der Waals surface area contributed by atoms with Crippen molar-refractivity contribution >= 4 is 24.2 Å². The molecule has 232 valence electrons. The predicted octanol–water partition coefficient (Wildman–Crippen LogP) is 7.18. The molecule has 4 aromatic rings. The Balaban J connectivity index is 1.05. The number of carbonyl (C=O) groups excluding carboxylic acids is 2. The lowest BCUT2D eigenvalue weighted by molar-refractivity contribution is -0.121. The van der Waals surface area contributed by atoms with Crippen LogP contribution in [0.1, 0.15) is 67.2 Å². The van der Waals surface area contributed by atoms with Crippen molar-refractivity contribution in [2.45, 2.75) is 58.2 Å². The van der Waals surface area contributed by atoms with Gasteiger partial charge in [0, 0.05) is 24.0 Å². The van der Waals surface area contributed by atoms with Gasteiger partial charge >= 0.3 is 0 Å². The van der Waals surface area contributed by atoms with Crippen LogP contribution in [-0.4, -0.2) is 24.2 Å². The first-order chi connectivity index (χ1) is 22.2. The summed E-state index contributed by atoms with van der Waals surface area (Å²) >= 11 is 0. The summed E-state index contributed by atoms with van der Waals surface area (Å²) in [6, 6.07) is 35.1. The van der Waals surface area contributed by atoms with E-state index >= 15 is 0 Å². The van der Waals surface area contributed by atoms with E-state index in [1.807, 2.05) is 109 Å². The number of hydrogen-bond acceptors (Lipinski definition) is 6. The fraction of sp³-hybridized carbons (Fsp3) is 0.243. The highest BCUT2D eigenvalue weighted by molar-refractivity contribution is 5.86. The Morgan fingerprint density at radius 1 is 0.511 bits per heavy atom. The third kappa shape index (κ3) is 12.5. The molecule has 0 saturated carbocycles. The Kier molecular flexibility index (Phi) is 13.9. The summed E-state index contributed by atoms with van der Waals surface area (Å²) in [6.45, 7) is 0.912. The molecule has 0 aliphatic carbocycles. The van der Waals surface area contributed by atoms with Crippen molar-refractivity contribution in [1.29, 1.82) is 0 Å². The van der Waals surface area contributed by atoms with Crippen LogP contribution in [0.5, 0.6) is 11.5 Å². The van der Waals surface area contributed by atoms with Crippen LogP contribution in [0.4, 0.5) is 0 Å². The minimum absolute atomic E-state index is 0.127. The zero-order valence-electron chi connectivity index (χ0n) is 25.4. The molecule has 4 rings (SSSR count). The summed E-state index contributed by atoms with van der Waals surface area (Å²) in [5, 5.41) is 8.22. The Morgan fingerprint density at radius 3 is 1.33 bits per heavy atom. The smallest absolute Gasteiger partial charge is 0.240 e. The molecular weight excluding hydrogens is 564 g/mol. The number of hydrazone groups is 2. The second-order valence-electron chi connectivity index (χ2n) is 10.5. The van der Waals surface area contributed by atoms with Gasteiger partial charge in [0.15, 0.2) is 0 Å². The summed E-state index contributed by atoms with van der Waals surface area (Å²) in [7, 11) is 0. The molecule has 0 spiro atoms. The van der Waals surface area contributed by atoms with Crippen LogP contribution in [0, 0.1) is 0 Å². The number of nitrogens with zero attached hydrogens (tertiary/aromatic N) is 2. The molecule has 0 fully saturated rings. The molecule has 0 aromatic heterocycles. The molecule has 0 unspecified atom stereocenters. The van der Waals surface area contributed by atoms with E-state index in [0.717, 1.165) is 54.4 Å². The Hall–Kier alpha value is -5.24. The fourth-order valence-corrected chi connectivity index (χ4v) is 4.47. The largest absolute Gasteiger partial charge is 0.488 e. The third-order valence-electron chi connectivity index (χ3n) is 6.91. The van der Waals surface area contributed by atoms with Gasteiger partial charge in [0.05, 0.1) is 12.4 Å². The standard InChI is InChI=1S/C37H40N4O4/c42-36(40-38-26-32-20-12-14-22-34(32)44-28-30-16-6-4-7-17-30)24-10-2-1-3-11-25-37(43)41-39-27-33-21-13-15-23-35(33)45-29-31-18-8-5-9-19-31/h4-9,12-23,26-27H,1-3,10-11,24-25,28-29H2,(H,40,42)(H,41,43). The summed E-state index contributed by atoms with van der Waals surface area (Å²) < 4.78 is 11.9. The first-order valence-electron chi connectivity index (χ1n) is 15.3. The van der Waals surface area contributed by atoms with Crippen molar-refractivity contribution in [3.05, 3.63) is 131 Å². The number of hydrogen-bond donors (Lipinski definition) is 2. The highest BCUT2D eigenvalue weighted by Gasteiger charge is 2.05. The molecule has 0 heterocycles. The van der Waals surface area contributed by atoms with Crippen LogP contribution < -0.4 is 20.3 Å². The van der Waals surface area contributed by atoms with Gasteiger partial charge in [-0.25, -0.2) is 10.9 Å². The quantitative estimate of drug-likeness (QED) is 0.0714. The van der Waals surface area contributed by atoms with Gasteiger partial charge in [0.25, 0.3) is 0 Å². The molecule has 45 heavy (non-hydrogen) atoms. The van der Waals surface area contributed by atoms with E-state index < -0.39 is 0 Å². The van der Waals surface area contributed by atoms with Gasteiger partial charge < -0.3 is 9.47 Å². The van der Waals surface area contributed by atoms with E-state index in [0.29, 0.717) is 37.6 Å². The SMILES string of the molecule is O=C(CCCCCCCC(=O)NN=Cc1ccccc1OCc1ccccc1)NN=Cc1ccccc1OCc1ccccc1. The molecule has 2 amide bonds. The average molecular weight is 605 g/mol. The van der Waals surface area contributed by atoms with Gasteiger partial charge in [0.2, 0.25) is 11.8 Å². The lowest BCUT2D eigenvalue weighted by Gasteiger charge is -2.09. The number of nitrogens with one attached hydrogen (secondary N) is 2. The maximum atomic E-state index is 12.2. The van der Waals surface area contributed by atoms with Crippen molar-refractivity contribution in [3.8, 4) is 11.5 Å². The number of carbonyl (C=O) groups is 2. The summed E-state index contributed by atoms with van der Waals surface area (Å²) in [4.78, 5) is 24.4. The molecule has 0 aliphatic heterocycles. The number of benzene rings is 4. The number of rotatable bonds is 18. The fourth-order valence-electron chi connectivity index (χ4n) is 4.47. The van der Waals surface area contributed by atoms with Crippen LogP contribution in [0.2, 0.25) is 0 Å². The predicted molar refractivity (Wildman–Crippen MR) is 178 cm³/mol. The summed E-state index contributed by atoms with van der Waals surface area (Å²) in [6.07, 6.45) is 8.30. The van der Waals surface area contributed by atoms with E-state index in [9.17, 15) is 9.59 Å². The molecule has 0 atom stereocenters. The molecule has 0 saturated heterocycles. The molecule has 2 N–H and O–H groups in total. The third-order valence-corrected chi connectivity index (χ3v) is 6.91. The van der Waals surface area contributed by atoms with Crippen molar-refractivity contribution < 1.29 is 19.1 Å². The van der Waals surface area contributed by atoms with Crippen LogP contribution in [0.3, 0.4) is 0 Å². The van der Waals surface area contributed by atoms with E-state index in [4.69, 9.17) is 9.47 Å². The second kappa shape index (κ2) is 19.1. The monoisotopic (exact) mass is 604 g/mol. The van der Waals surface area contributed by atoms with E-state index in [1.165, 1.54) is 0 Å². The van der Waals surface area contributed by atoms with Gasteiger partial charge in [-0.1, -0.05) is 104 Å². The molecule has 0 radical (unpaired) electrons. The van der Waals surface area contributed by atoms with Crippen LogP contribution in [-0.2, 0) is 22.8 Å². The van der Waals surface area contributed by atoms with Crippen molar-refractivity contribution in [1.82, 2.24) is 10.9 Å². The van der Waals surface area contributed by atoms with Crippen molar-refractivity contribution in [3.63, 3.8) is 0 Å². The first-order valence-corrected chi connectivity index (χ1v) is 15.3. The number of unbranched alkanes of at least 4 members (excludes halogenated alkanes) is 4. The van der Waals surface area contributed by atoms with Gasteiger partial charge in [0.1, 0.15) is 24.7 Å².